The number of carbonyl (C=O) groups is 2. The van der Waals surface area contributed by atoms with Crippen LogP contribution in [0.15, 0.2) is 65.8 Å². The smallest absolute Gasteiger partial charge is 0.262 e. The third kappa shape index (κ3) is 6.16. The molecule has 172 valence electrons. The highest BCUT2D eigenvalue weighted by molar-refractivity contribution is 6.03. The van der Waals surface area contributed by atoms with E-state index in [4.69, 9.17) is 4.74 Å². The number of hydrazone groups is 1. The highest BCUT2D eigenvalue weighted by Gasteiger charge is 2.24. The molecule has 0 radical (unpaired) electrons. The Labute approximate surface area is 192 Å². The zero-order valence-corrected chi connectivity index (χ0v) is 19.0. The highest BCUT2D eigenvalue weighted by Crippen LogP contribution is 2.26. The molecule has 0 aliphatic heterocycles. The van der Waals surface area contributed by atoms with Crippen molar-refractivity contribution in [3.05, 3.63) is 77.6 Å². The molecular formula is C26H28FN3O3. The second-order valence-corrected chi connectivity index (χ2v) is 7.98. The molecule has 6 nitrogen and oxygen atoms in total. The van der Waals surface area contributed by atoms with Gasteiger partial charge in [0.25, 0.3) is 11.8 Å². The lowest BCUT2D eigenvalue weighted by molar-refractivity contribution is -0.123. The molecule has 0 aromatic heterocycles. The molecule has 1 unspecified atom stereocenters. The van der Waals surface area contributed by atoms with Gasteiger partial charge in [0.1, 0.15) is 17.6 Å². The summed E-state index contributed by atoms with van der Waals surface area (Å²) in [6, 6.07) is 16.0. The molecule has 0 bridgehead atoms. The molecule has 2 amide bonds. The Morgan fingerprint density at radius 2 is 1.79 bits per heavy atom. The van der Waals surface area contributed by atoms with Crippen molar-refractivity contribution in [2.75, 3.05) is 6.61 Å². The summed E-state index contributed by atoms with van der Waals surface area (Å²) in [7, 11) is 0. The average molecular weight is 450 g/mol. The van der Waals surface area contributed by atoms with E-state index in [1.165, 1.54) is 24.3 Å². The lowest BCUT2D eigenvalue weighted by Crippen LogP contribution is -2.48. The number of nitrogens with one attached hydrogen (secondary N) is 2. The summed E-state index contributed by atoms with van der Waals surface area (Å²) >= 11 is 0. The Kier molecular flexibility index (Phi) is 8.13. The van der Waals surface area contributed by atoms with Crippen LogP contribution >= 0.6 is 0 Å². The molecule has 1 atom stereocenters. The summed E-state index contributed by atoms with van der Waals surface area (Å²) in [6.07, 6.45) is 2.42. The van der Waals surface area contributed by atoms with Gasteiger partial charge in [0, 0.05) is 11.1 Å². The van der Waals surface area contributed by atoms with Crippen molar-refractivity contribution in [3.8, 4) is 5.75 Å². The number of fused-ring (bicyclic) bond motifs is 1. The second-order valence-electron chi connectivity index (χ2n) is 7.98. The predicted octanol–water partition coefficient (Wildman–Crippen LogP) is 4.67. The summed E-state index contributed by atoms with van der Waals surface area (Å²) in [6.45, 7) is 6.23. The predicted molar refractivity (Wildman–Crippen MR) is 128 cm³/mol. The van der Waals surface area contributed by atoms with E-state index >= 15 is 0 Å². The normalized spacial score (nSPS) is 12.2. The molecule has 0 heterocycles. The highest BCUT2D eigenvalue weighted by atomic mass is 19.1. The van der Waals surface area contributed by atoms with Crippen molar-refractivity contribution in [1.82, 2.24) is 10.7 Å². The van der Waals surface area contributed by atoms with E-state index < -0.39 is 23.7 Å². The van der Waals surface area contributed by atoms with E-state index in [2.05, 4.69) is 15.8 Å². The molecule has 2 N–H and O–H groups in total. The molecule has 0 aliphatic carbocycles. The van der Waals surface area contributed by atoms with Crippen LogP contribution in [0.3, 0.4) is 0 Å². The van der Waals surface area contributed by atoms with Crippen molar-refractivity contribution < 1.29 is 18.7 Å². The Balaban J connectivity index is 1.76. The first kappa shape index (κ1) is 23.9. The average Bonchev–Trinajstić information content (AvgIpc) is 2.81. The van der Waals surface area contributed by atoms with Crippen LogP contribution in [0, 0.1) is 11.7 Å². The lowest BCUT2D eigenvalue weighted by atomic mass is 10.0. The third-order valence-electron chi connectivity index (χ3n) is 5.10. The number of amides is 2. The Morgan fingerprint density at radius 1 is 1.06 bits per heavy atom. The maximum atomic E-state index is 13.1. The SMILES string of the molecule is CCCOc1ccc2ccccc2c1C=NNC(=O)C(NC(=O)c1ccc(F)cc1)C(C)C. The molecule has 0 aliphatic rings. The second kappa shape index (κ2) is 11.2. The molecule has 3 rings (SSSR count). The molecule has 0 spiro atoms. The summed E-state index contributed by atoms with van der Waals surface area (Å²) < 4.78 is 19.0. The standard InChI is InChI=1S/C26H28FN3O3/c1-4-15-33-23-14-11-18-7-5-6-8-21(18)22(23)16-28-30-26(32)24(17(2)3)29-25(31)19-9-12-20(27)13-10-19/h5-14,16-17,24H,4,15H2,1-3H3,(H,29,31)(H,30,32). The van der Waals surface area contributed by atoms with E-state index in [1.807, 2.05) is 57.2 Å². The molecule has 7 heteroatoms. The van der Waals surface area contributed by atoms with Crippen molar-refractivity contribution in [3.63, 3.8) is 0 Å². The number of benzene rings is 3. The molecule has 0 saturated carbocycles. The van der Waals surface area contributed by atoms with Gasteiger partial charge >= 0.3 is 0 Å². The summed E-state index contributed by atoms with van der Waals surface area (Å²) in [5.41, 5.74) is 3.56. The van der Waals surface area contributed by atoms with Crippen LogP contribution in [-0.2, 0) is 4.79 Å². The molecule has 0 fully saturated rings. The van der Waals surface area contributed by atoms with Gasteiger partial charge in [0.15, 0.2) is 0 Å². The fraction of sp³-hybridized carbons (Fsp3) is 0.269. The topological polar surface area (TPSA) is 79.8 Å². The van der Waals surface area contributed by atoms with E-state index in [-0.39, 0.29) is 11.5 Å². The van der Waals surface area contributed by atoms with Gasteiger partial charge in [-0.1, -0.05) is 51.1 Å². The number of carbonyl (C=O) groups excluding carboxylic acids is 2. The monoisotopic (exact) mass is 449 g/mol. The van der Waals surface area contributed by atoms with E-state index in [0.29, 0.717) is 12.4 Å². The summed E-state index contributed by atoms with van der Waals surface area (Å²) in [5, 5.41) is 8.83. The number of nitrogens with zero attached hydrogens (tertiary/aromatic N) is 1. The number of rotatable bonds is 9. The van der Waals surface area contributed by atoms with Gasteiger partial charge < -0.3 is 10.1 Å². The number of hydrogen-bond acceptors (Lipinski definition) is 4. The van der Waals surface area contributed by atoms with Crippen molar-refractivity contribution >= 4 is 28.8 Å². The van der Waals surface area contributed by atoms with Gasteiger partial charge in [-0.05, 0) is 53.4 Å². The largest absolute Gasteiger partial charge is 0.493 e. The van der Waals surface area contributed by atoms with E-state index in [0.717, 1.165) is 22.8 Å². The van der Waals surface area contributed by atoms with Crippen molar-refractivity contribution in [1.29, 1.82) is 0 Å². The molecular weight excluding hydrogens is 421 g/mol. The minimum Gasteiger partial charge on any atom is -0.493 e. The van der Waals surface area contributed by atoms with Crippen LogP contribution in [0.5, 0.6) is 5.75 Å². The fourth-order valence-corrected chi connectivity index (χ4v) is 3.34. The first-order chi connectivity index (χ1) is 15.9. The summed E-state index contributed by atoms with van der Waals surface area (Å²) in [4.78, 5) is 25.3. The molecule has 0 saturated heterocycles. The third-order valence-corrected chi connectivity index (χ3v) is 5.10. The number of halogens is 1. The Morgan fingerprint density at radius 3 is 2.48 bits per heavy atom. The van der Waals surface area contributed by atoms with Gasteiger partial charge in [0.2, 0.25) is 0 Å². The quantitative estimate of drug-likeness (QED) is 0.368. The van der Waals surface area contributed by atoms with Gasteiger partial charge in [-0.15, -0.1) is 0 Å². The maximum absolute atomic E-state index is 13.1. The first-order valence-electron chi connectivity index (χ1n) is 10.9. The van der Waals surface area contributed by atoms with Crippen LogP contribution in [-0.4, -0.2) is 30.7 Å². The minimum absolute atomic E-state index is 0.189. The van der Waals surface area contributed by atoms with Gasteiger partial charge in [-0.25, -0.2) is 9.82 Å². The van der Waals surface area contributed by atoms with Crippen LogP contribution in [0.1, 0.15) is 43.1 Å². The number of ether oxygens (including phenoxy) is 1. The van der Waals surface area contributed by atoms with E-state index in [1.54, 1.807) is 6.21 Å². The minimum atomic E-state index is -0.817. The van der Waals surface area contributed by atoms with Crippen LogP contribution in [0.25, 0.3) is 10.8 Å². The Hall–Kier alpha value is -3.74. The van der Waals surface area contributed by atoms with Gasteiger partial charge in [0.05, 0.1) is 12.8 Å². The summed E-state index contributed by atoms with van der Waals surface area (Å²) in [5.74, 6) is -0.857. The van der Waals surface area contributed by atoms with Gasteiger partial charge in [-0.2, -0.15) is 5.10 Å². The maximum Gasteiger partial charge on any atom is 0.262 e. The Bertz CT molecular complexity index is 1140. The first-order valence-corrected chi connectivity index (χ1v) is 10.9. The molecule has 3 aromatic carbocycles. The zero-order chi connectivity index (χ0) is 23.8. The van der Waals surface area contributed by atoms with E-state index in [9.17, 15) is 14.0 Å². The van der Waals surface area contributed by atoms with Crippen LogP contribution in [0.4, 0.5) is 4.39 Å². The number of hydrogen-bond donors (Lipinski definition) is 2. The van der Waals surface area contributed by atoms with Crippen molar-refractivity contribution in [2.24, 2.45) is 11.0 Å². The van der Waals surface area contributed by atoms with Crippen LogP contribution < -0.4 is 15.5 Å². The van der Waals surface area contributed by atoms with Crippen LogP contribution in [0.2, 0.25) is 0 Å². The molecule has 33 heavy (non-hydrogen) atoms. The van der Waals surface area contributed by atoms with Crippen molar-refractivity contribution in [2.45, 2.75) is 33.2 Å². The zero-order valence-electron chi connectivity index (χ0n) is 19.0. The van der Waals surface area contributed by atoms with Gasteiger partial charge in [-0.3, -0.25) is 9.59 Å². The fourth-order valence-electron chi connectivity index (χ4n) is 3.34. The molecule has 3 aromatic rings. The lowest BCUT2D eigenvalue weighted by Gasteiger charge is -2.20.